The van der Waals surface area contributed by atoms with Crippen molar-refractivity contribution in [2.24, 2.45) is 0 Å². The standard InChI is InChI=1S/C21H19N5O/c22-16-8-6-14(7-9-16)10-12-24-21(27)17-11-13-23-20-18(17)25-19(26-20)15-4-2-1-3-5-15/h1-9,11,13H,10,12,22H2,(H,24,27)(H,23,25,26). The summed E-state index contributed by atoms with van der Waals surface area (Å²) in [5.74, 6) is 0.543. The molecule has 0 atom stereocenters. The number of hydrogen-bond donors (Lipinski definition) is 3. The summed E-state index contributed by atoms with van der Waals surface area (Å²) in [6.45, 7) is 0.534. The van der Waals surface area contributed by atoms with Crippen molar-refractivity contribution in [1.82, 2.24) is 20.3 Å². The molecule has 0 bridgehead atoms. The van der Waals surface area contributed by atoms with Crippen LogP contribution < -0.4 is 11.1 Å². The first-order chi connectivity index (χ1) is 13.2. The number of aromatic amines is 1. The summed E-state index contributed by atoms with van der Waals surface area (Å²) in [4.78, 5) is 24.6. The lowest BCUT2D eigenvalue weighted by molar-refractivity contribution is 0.0955. The summed E-state index contributed by atoms with van der Waals surface area (Å²) in [5, 5.41) is 2.96. The Morgan fingerprint density at radius 2 is 1.81 bits per heavy atom. The average molecular weight is 357 g/mol. The Labute approximate surface area is 156 Å². The molecule has 6 nitrogen and oxygen atoms in total. The van der Waals surface area contributed by atoms with Crippen LogP contribution in [0, 0.1) is 0 Å². The van der Waals surface area contributed by atoms with Gasteiger partial charge in [-0.05, 0) is 30.2 Å². The van der Waals surface area contributed by atoms with Crippen molar-refractivity contribution in [2.75, 3.05) is 12.3 Å². The van der Waals surface area contributed by atoms with Crippen molar-refractivity contribution < 1.29 is 4.79 Å². The molecule has 0 fully saturated rings. The van der Waals surface area contributed by atoms with Gasteiger partial charge in [0.2, 0.25) is 0 Å². The van der Waals surface area contributed by atoms with E-state index in [1.165, 1.54) is 0 Å². The number of aromatic nitrogens is 3. The van der Waals surface area contributed by atoms with Gasteiger partial charge in [-0.1, -0.05) is 42.5 Å². The Balaban J connectivity index is 1.51. The fraction of sp³-hybridized carbons (Fsp3) is 0.0952. The third-order valence-corrected chi connectivity index (χ3v) is 4.36. The van der Waals surface area contributed by atoms with Gasteiger partial charge < -0.3 is 16.0 Å². The number of nitrogens with one attached hydrogen (secondary N) is 2. The molecule has 2 aromatic carbocycles. The predicted octanol–water partition coefficient (Wildman–Crippen LogP) is 3.18. The van der Waals surface area contributed by atoms with Crippen LogP contribution in [0.2, 0.25) is 0 Å². The number of carbonyl (C=O) groups is 1. The van der Waals surface area contributed by atoms with Crippen molar-refractivity contribution in [1.29, 1.82) is 0 Å². The maximum atomic E-state index is 12.6. The molecule has 0 spiro atoms. The fourth-order valence-corrected chi connectivity index (χ4v) is 2.93. The van der Waals surface area contributed by atoms with E-state index in [0.717, 1.165) is 23.2 Å². The topological polar surface area (TPSA) is 96.7 Å². The first-order valence-electron chi connectivity index (χ1n) is 8.73. The number of benzene rings is 2. The van der Waals surface area contributed by atoms with Crippen molar-refractivity contribution >= 4 is 22.8 Å². The van der Waals surface area contributed by atoms with E-state index in [-0.39, 0.29) is 5.91 Å². The van der Waals surface area contributed by atoms with Crippen LogP contribution in [0.15, 0.2) is 66.9 Å². The summed E-state index contributed by atoms with van der Waals surface area (Å²) in [5.41, 5.74) is 10.2. The van der Waals surface area contributed by atoms with Crippen molar-refractivity contribution in [3.8, 4) is 11.4 Å². The maximum Gasteiger partial charge on any atom is 0.253 e. The lowest BCUT2D eigenvalue weighted by atomic mass is 10.1. The number of anilines is 1. The lowest BCUT2D eigenvalue weighted by Crippen LogP contribution is -2.26. The zero-order chi connectivity index (χ0) is 18.6. The molecule has 4 rings (SSSR count). The third kappa shape index (κ3) is 3.64. The van der Waals surface area contributed by atoms with E-state index >= 15 is 0 Å². The molecule has 0 saturated carbocycles. The van der Waals surface area contributed by atoms with Gasteiger partial charge in [-0.3, -0.25) is 4.79 Å². The number of pyridine rings is 1. The van der Waals surface area contributed by atoms with Gasteiger partial charge in [0, 0.05) is 24.0 Å². The zero-order valence-electron chi connectivity index (χ0n) is 14.6. The number of hydrogen-bond acceptors (Lipinski definition) is 4. The highest BCUT2D eigenvalue weighted by atomic mass is 16.1. The molecule has 4 N–H and O–H groups in total. The molecular formula is C21H19N5O. The van der Waals surface area contributed by atoms with Crippen LogP contribution in [0.5, 0.6) is 0 Å². The second kappa shape index (κ2) is 7.29. The molecule has 134 valence electrons. The van der Waals surface area contributed by atoms with E-state index in [4.69, 9.17) is 5.73 Å². The molecule has 0 unspecified atom stereocenters. The number of rotatable bonds is 5. The minimum atomic E-state index is -0.152. The van der Waals surface area contributed by atoms with Crippen molar-refractivity contribution in [3.05, 3.63) is 78.0 Å². The quantitative estimate of drug-likeness (QED) is 0.478. The van der Waals surface area contributed by atoms with Crippen LogP contribution in [-0.2, 0) is 6.42 Å². The average Bonchev–Trinajstić information content (AvgIpc) is 3.14. The van der Waals surface area contributed by atoms with Crippen LogP contribution in [-0.4, -0.2) is 27.4 Å². The second-order valence-corrected chi connectivity index (χ2v) is 6.26. The van der Waals surface area contributed by atoms with E-state index in [1.54, 1.807) is 12.3 Å². The van der Waals surface area contributed by atoms with Crippen molar-refractivity contribution in [2.45, 2.75) is 6.42 Å². The van der Waals surface area contributed by atoms with Crippen LogP contribution in [0.3, 0.4) is 0 Å². The number of amides is 1. The molecule has 4 aromatic rings. The lowest BCUT2D eigenvalue weighted by Gasteiger charge is -2.06. The molecular weight excluding hydrogens is 338 g/mol. The Hall–Kier alpha value is -3.67. The first kappa shape index (κ1) is 16.8. The second-order valence-electron chi connectivity index (χ2n) is 6.26. The van der Waals surface area contributed by atoms with E-state index in [0.29, 0.717) is 29.1 Å². The smallest absolute Gasteiger partial charge is 0.253 e. The Kier molecular flexibility index (Phi) is 4.53. The highest BCUT2D eigenvalue weighted by Crippen LogP contribution is 2.21. The minimum absolute atomic E-state index is 0.152. The van der Waals surface area contributed by atoms with E-state index in [9.17, 15) is 4.79 Å². The molecule has 1 amide bonds. The number of nitrogens with two attached hydrogens (primary N) is 1. The van der Waals surface area contributed by atoms with Gasteiger partial charge in [0.05, 0.1) is 11.1 Å². The molecule has 27 heavy (non-hydrogen) atoms. The van der Waals surface area contributed by atoms with E-state index in [1.807, 2.05) is 54.6 Å². The van der Waals surface area contributed by atoms with Crippen LogP contribution in [0.1, 0.15) is 15.9 Å². The van der Waals surface area contributed by atoms with Gasteiger partial charge in [-0.15, -0.1) is 0 Å². The summed E-state index contributed by atoms with van der Waals surface area (Å²) in [6, 6.07) is 19.1. The Morgan fingerprint density at radius 3 is 2.59 bits per heavy atom. The molecule has 6 heteroatoms. The van der Waals surface area contributed by atoms with Gasteiger partial charge >= 0.3 is 0 Å². The summed E-state index contributed by atoms with van der Waals surface area (Å²) in [7, 11) is 0. The SMILES string of the molecule is Nc1ccc(CCNC(=O)c2ccnc3nc(-c4ccccc4)[nH]c23)cc1. The van der Waals surface area contributed by atoms with Gasteiger partial charge in [0.1, 0.15) is 5.82 Å². The molecule has 0 aliphatic heterocycles. The summed E-state index contributed by atoms with van der Waals surface area (Å²) in [6.07, 6.45) is 2.34. The highest BCUT2D eigenvalue weighted by Gasteiger charge is 2.14. The molecule has 0 aliphatic carbocycles. The largest absolute Gasteiger partial charge is 0.399 e. The molecule has 2 aromatic heterocycles. The molecule has 0 radical (unpaired) electrons. The summed E-state index contributed by atoms with van der Waals surface area (Å²) < 4.78 is 0. The number of H-pyrrole nitrogens is 1. The Morgan fingerprint density at radius 1 is 1.04 bits per heavy atom. The number of fused-ring (bicyclic) bond motifs is 1. The maximum absolute atomic E-state index is 12.6. The Bertz CT molecular complexity index is 1070. The predicted molar refractivity (Wildman–Crippen MR) is 106 cm³/mol. The molecule has 2 heterocycles. The van der Waals surface area contributed by atoms with Gasteiger partial charge in [-0.25, -0.2) is 9.97 Å². The van der Waals surface area contributed by atoms with Crippen molar-refractivity contribution in [3.63, 3.8) is 0 Å². The van der Waals surface area contributed by atoms with Gasteiger partial charge in [0.15, 0.2) is 5.65 Å². The monoisotopic (exact) mass is 357 g/mol. The number of carbonyl (C=O) groups excluding carboxylic acids is 1. The highest BCUT2D eigenvalue weighted by molar-refractivity contribution is 6.04. The normalized spacial score (nSPS) is 10.8. The molecule has 0 saturated heterocycles. The van der Waals surface area contributed by atoms with Crippen LogP contribution in [0.4, 0.5) is 5.69 Å². The van der Waals surface area contributed by atoms with Gasteiger partial charge in [-0.2, -0.15) is 0 Å². The van der Waals surface area contributed by atoms with Gasteiger partial charge in [0.25, 0.3) is 5.91 Å². The van der Waals surface area contributed by atoms with Crippen LogP contribution >= 0.6 is 0 Å². The third-order valence-electron chi connectivity index (χ3n) is 4.36. The fourth-order valence-electron chi connectivity index (χ4n) is 2.93. The molecule has 0 aliphatic rings. The summed E-state index contributed by atoms with van der Waals surface area (Å²) >= 11 is 0. The first-order valence-corrected chi connectivity index (χ1v) is 8.73. The zero-order valence-corrected chi connectivity index (χ0v) is 14.6. The number of nitrogen functional groups attached to an aromatic ring is 1. The number of imidazole rings is 1. The van der Waals surface area contributed by atoms with E-state index < -0.39 is 0 Å². The number of nitrogens with zero attached hydrogens (tertiary/aromatic N) is 2. The van der Waals surface area contributed by atoms with Crippen LogP contribution in [0.25, 0.3) is 22.6 Å². The van der Waals surface area contributed by atoms with E-state index in [2.05, 4.69) is 20.3 Å². The minimum Gasteiger partial charge on any atom is -0.399 e.